The van der Waals surface area contributed by atoms with Gasteiger partial charge in [0, 0.05) is 53.4 Å². The Balaban J connectivity index is 1.14. The SMILES string of the molecule is CCc1ccc2cc(-c3nc4cc(C(=O)N5CC(N)C6CCC5C6)cc(OC)c4n3C3CC3)n(CCCCCc3ccccc3C(N)=O)c2n1. The first kappa shape index (κ1) is 32.5. The smallest absolute Gasteiger partial charge is 0.254 e. The number of pyridine rings is 1. The van der Waals surface area contributed by atoms with E-state index in [0.29, 0.717) is 35.4 Å². The van der Waals surface area contributed by atoms with Gasteiger partial charge in [0.2, 0.25) is 5.91 Å². The number of hydrogen-bond donors (Lipinski definition) is 2. The summed E-state index contributed by atoms with van der Waals surface area (Å²) in [6, 6.07) is 18.6. The number of primary amides is 1. The number of nitrogens with two attached hydrogens (primary N) is 2. The number of carbonyl (C=O) groups excluding carboxylic acids is 2. The highest BCUT2D eigenvalue weighted by Crippen LogP contribution is 2.45. The van der Waals surface area contributed by atoms with Crippen LogP contribution in [0.1, 0.15) is 96.3 Å². The van der Waals surface area contributed by atoms with Crippen LogP contribution in [0.5, 0.6) is 5.75 Å². The second-order valence-corrected chi connectivity index (χ2v) is 14.5. The number of fused-ring (bicyclic) bond motifs is 4. The molecule has 3 unspecified atom stereocenters. The minimum absolute atomic E-state index is 0.0115. The van der Waals surface area contributed by atoms with Gasteiger partial charge in [-0.2, -0.15) is 0 Å². The summed E-state index contributed by atoms with van der Waals surface area (Å²) in [6.07, 6.45) is 9.79. The molecule has 3 atom stereocenters. The molecule has 10 nitrogen and oxygen atoms in total. The van der Waals surface area contributed by atoms with Crippen LogP contribution in [0.2, 0.25) is 0 Å². The number of piperidine rings is 1. The van der Waals surface area contributed by atoms with E-state index in [0.717, 1.165) is 116 Å². The number of aromatic nitrogens is 4. The first-order chi connectivity index (χ1) is 24.3. The molecule has 3 aliphatic rings. The van der Waals surface area contributed by atoms with E-state index in [2.05, 4.69) is 34.3 Å². The van der Waals surface area contributed by atoms with Crippen molar-refractivity contribution >= 4 is 33.9 Å². The summed E-state index contributed by atoms with van der Waals surface area (Å²) in [5.41, 5.74) is 19.1. The van der Waals surface area contributed by atoms with Crippen LogP contribution in [0.25, 0.3) is 33.6 Å². The number of methoxy groups -OCH3 is 1. The first-order valence-electron chi connectivity index (χ1n) is 18.4. The predicted octanol–water partition coefficient (Wildman–Crippen LogP) is 6.42. The third-order valence-corrected chi connectivity index (χ3v) is 11.3. The molecule has 4 N–H and O–H groups in total. The molecule has 4 heterocycles. The van der Waals surface area contributed by atoms with Gasteiger partial charge >= 0.3 is 0 Å². The number of unbranched alkanes of at least 4 members (excludes halogenated alkanes) is 2. The van der Waals surface area contributed by atoms with Gasteiger partial charge < -0.3 is 30.2 Å². The van der Waals surface area contributed by atoms with E-state index in [-0.39, 0.29) is 23.9 Å². The molecule has 5 aromatic rings. The molecule has 3 fully saturated rings. The fraction of sp³-hybridized carbons (Fsp3) is 0.450. The summed E-state index contributed by atoms with van der Waals surface area (Å²) >= 11 is 0. The molecule has 2 bridgehead atoms. The Labute approximate surface area is 292 Å². The Hall–Kier alpha value is -4.70. The van der Waals surface area contributed by atoms with Gasteiger partial charge in [-0.3, -0.25) is 9.59 Å². The number of carbonyl (C=O) groups is 2. The summed E-state index contributed by atoms with van der Waals surface area (Å²) in [6.45, 7) is 3.51. The van der Waals surface area contributed by atoms with Crippen molar-refractivity contribution in [3.63, 3.8) is 0 Å². The highest BCUT2D eigenvalue weighted by atomic mass is 16.5. The fourth-order valence-electron chi connectivity index (χ4n) is 8.46. The number of rotatable bonds is 12. The summed E-state index contributed by atoms with van der Waals surface area (Å²) in [5, 5.41) is 1.08. The second kappa shape index (κ2) is 13.2. The summed E-state index contributed by atoms with van der Waals surface area (Å²) in [5.74, 6) is 1.71. The second-order valence-electron chi connectivity index (χ2n) is 14.5. The van der Waals surface area contributed by atoms with Crippen molar-refractivity contribution in [2.24, 2.45) is 17.4 Å². The Morgan fingerprint density at radius 1 is 0.960 bits per heavy atom. The maximum absolute atomic E-state index is 14.0. The largest absolute Gasteiger partial charge is 0.494 e. The minimum atomic E-state index is -0.379. The van der Waals surface area contributed by atoms with Crippen LogP contribution >= 0.6 is 0 Å². The van der Waals surface area contributed by atoms with Gasteiger partial charge in [0.1, 0.15) is 16.9 Å². The molecule has 8 rings (SSSR count). The van der Waals surface area contributed by atoms with Crippen LogP contribution in [-0.4, -0.2) is 61.6 Å². The maximum atomic E-state index is 14.0. The number of benzene rings is 2. The summed E-state index contributed by atoms with van der Waals surface area (Å²) in [4.78, 5) is 38.4. The van der Waals surface area contributed by atoms with E-state index in [1.807, 2.05) is 35.2 Å². The number of imidazole rings is 1. The average molecular weight is 674 g/mol. The highest BCUT2D eigenvalue weighted by molar-refractivity contribution is 6.00. The van der Waals surface area contributed by atoms with Gasteiger partial charge in [0.25, 0.3) is 5.91 Å². The Kier molecular flexibility index (Phi) is 8.59. The number of nitrogens with zero attached hydrogens (tertiary/aromatic N) is 5. The van der Waals surface area contributed by atoms with Crippen molar-refractivity contribution in [2.45, 2.75) is 95.8 Å². The molecule has 50 heavy (non-hydrogen) atoms. The van der Waals surface area contributed by atoms with Crippen molar-refractivity contribution in [1.29, 1.82) is 0 Å². The van der Waals surface area contributed by atoms with E-state index < -0.39 is 0 Å². The molecule has 1 saturated heterocycles. The van der Waals surface area contributed by atoms with Gasteiger partial charge in [0.15, 0.2) is 5.82 Å². The fourth-order valence-corrected chi connectivity index (χ4v) is 8.46. The zero-order valence-corrected chi connectivity index (χ0v) is 29.1. The van der Waals surface area contributed by atoms with Crippen LogP contribution in [0, 0.1) is 5.92 Å². The lowest BCUT2D eigenvalue weighted by atomic mass is 9.94. The molecule has 3 aromatic heterocycles. The summed E-state index contributed by atoms with van der Waals surface area (Å²) in [7, 11) is 1.68. The van der Waals surface area contributed by atoms with Crippen LogP contribution in [-0.2, 0) is 19.4 Å². The number of amides is 2. The highest BCUT2D eigenvalue weighted by Gasteiger charge is 2.41. The lowest BCUT2D eigenvalue weighted by Crippen LogP contribution is -2.51. The quantitative estimate of drug-likeness (QED) is 0.147. The van der Waals surface area contributed by atoms with Crippen molar-refractivity contribution in [1.82, 2.24) is 24.0 Å². The lowest BCUT2D eigenvalue weighted by Gasteiger charge is -2.37. The molecule has 2 aliphatic carbocycles. The van der Waals surface area contributed by atoms with Crippen molar-refractivity contribution in [3.8, 4) is 17.3 Å². The van der Waals surface area contributed by atoms with Gasteiger partial charge in [-0.15, -0.1) is 0 Å². The first-order valence-corrected chi connectivity index (χ1v) is 18.4. The number of ether oxygens (including phenoxy) is 1. The normalized spacial score (nSPS) is 20.2. The third-order valence-electron chi connectivity index (χ3n) is 11.3. The molecule has 0 spiro atoms. The van der Waals surface area contributed by atoms with Crippen LogP contribution in [0.3, 0.4) is 0 Å². The minimum Gasteiger partial charge on any atom is -0.494 e. The van der Waals surface area contributed by atoms with E-state index in [4.69, 9.17) is 26.2 Å². The molecule has 2 amide bonds. The molecule has 2 saturated carbocycles. The third kappa shape index (κ3) is 5.83. The molecule has 2 aromatic carbocycles. The van der Waals surface area contributed by atoms with Crippen molar-refractivity contribution < 1.29 is 14.3 Å². The molecule has 260 valence electrons. The average Bonchev–Trinajstić information content (AvgIpc) is 3.60. The monoisotopic (exact) mass is 673 g/mol. The van der Waals surface area contributed by atoms with E-state index >= 15 is 0 Å². The predicted molar refractivity (Wildman–Crippen MR) is 195 cm³/mol. The van der Waals surface area contributed by atoms with Crippen molar-refractivity contribution in [3.05, 3.63) is 77.0 Å². The van der Waals surface area contributed by atoms with E-state index in [1.54, 1.807) is 13.2 Å². The lowest BCUT2D eigenvalue weighted by molar-refractivity contribution is 0.0603. The standard InChI is InChI=1S/C40H47N7O3/c1-3-28-14-12-26-21-34(45(38(26)43-28)18-8-4-5-9-24-10-6-7-11-31(24)37(42)48)39-44-33-20-27(22-35(50-2)36(33)47(39)29-16-17-29)40(49)46-23-32(41)25-13-15-30(46)19-25/h6-7,10-12,14,20-22,25,29-30,32H,3-5,8-9,13,15-19,23,41H2,1-2H3,(H2,42,48). The van der Waals surface area contributed by atoms with Crippen LogP contribution < -0.4 is 16.2 Å². The number of likely N-dealkylation sites (tertiary alicyclic amines) is 1. The van der Waals surface area contributed by atoms with Crippen molar-refractivity contribution in [2.75, 3.05) is 13.7 Å². The molecule has 0 radical (unpaired) electrons. The zero-order chi connectivity index (χ0) is 34.5. The van der Waals surface area contributed by atoms with Gasteiger partial charge in [-0.25, -0.2) is 9.97 Å². The molecule has 1 aliphatic heterocycles. The number of aryl methyl sites for hydroxylation is 3. The maximum Gasteiger partial charge on any atom is 0.254 e. The van der Waals surface area contributed by atoms with E-state index in [1.165, 1.54) is 0 Å². The Bertz CT molecular complexity index is 2090. The molecule has 10 heteroatoms. The van der Waals surface area contributed by atoms with Gasteiger partial charge in [-0.05, 0) is 106 Å². The van der Waals surface area contributed by atoms with E-state index in [9.17, 15) is 9.59 Å². The zero-order valence-electron chi connectivity index (χ0n) is 29.1. The molecular weight excluding hydrogens is 626 g/mol. The summed E-state index contributed by atoms with van der Waals surface area (Å²) < 4.78 is 10.7. The van der Waals surface area contributed by atoms with Crippen LogP contribution in [0.15, 0.2) is 54.6 Å². The van der Waals surface area contributed by atoms with Gasteiger partial charge in [0.05, 0.1) is 18.3 Å². The topological polar surface area (TPSA) is 134 Å². The molecular formula is C40H47N7O3. The van der Waals surface area contributed by atoms with Crippen LogP contribution in [0.4, 0.5) is 0 Å². The number of hydrogen-bond acceptors (Lipinski definition) is 6. The van der Waals surface area contributed by atoms with Gasteiger partial charge in [-0.1, -0.05) is 31.5 Å². The Morgan fingerprint density at radius 2 is 1.78 bits per heavy atom. The Morgan fingerprint density at radius 3 is 2.56 bits per heavy atom.